The molecular formula is C24H29N. The number of rotatable bonds is 4. The Labute approximate surface area is 152 Å². The fourth-order valence-corrected chi connectivity index (χ4v) is 3.97. The lowest BCUT2D eigenvalue weighted by molar-refractivity contribution is 0.302. The van der Waals surface area contributed by atoms with Gasteiger partial charge in [-0.2, -0.15) is 0 Å². The highest BCUT2D eigenvalue weighted by Gasteiger charge is 2.26. The predicted molar refractivity (Wildman–Crippen MR) is 111 cm³/mol. The van der Waals surface area contributed by atoms with Crippen LogP contribution < -0.4 is 5.32 Å². The molecule has 0 aliphatic rings. The van der Waals surface area contributed by atoms with Crippen molar-refractivity contribution < 1.29 is 0 Å². The quantitative estimate of drug-likeness (QED) is 0.536. The summed E-state index contributed by atoms with van der Waals surface area (Å²) in [5.74, 6) is 0. The minimum Gasteiger partial charge on any atom is -0.379 e. The fraction of sp³-hybridized carbons (Fsp3) is 0.333. The maximum Gasteiger partial charge on any atom is 0.0503 e. The minimum absolute atomic E-state index is 0.00586. The zero-order valence-corrected chi connectivity index (χ0v) is 16.1. The van der Waals surface area contributed by atoms with Gasteiger partial charge >= 0.3 is 0 Å². The average molecular weight is 332 g/mol. The molecule has 0 aromatic heterocycles. The van der Waals surface area contributed by atoms with Crippen molar-refractivity contribution in [1.29, 1.82) is 0 Å². The van der Waals surface area contributed by atoms with Crippen LogP contribution in [-0.2, 0) is 0 Å². The van der Waals surface area contributed by atoms with E-state index >= 15 is 0 Å². The number of nitrogens with one attached hydrogen (secondary N) is 1. The number of hydrogen-bond donors (Lipinski definition) is 1. The molecule has 3 rings (SSSR count). The third-order valence-corrected chi connectivity index (χ3v) is 4.45. The van der Waals surface area contributed by atoms with Gasteiger partial charge in [0.15, 0.2) is 0 Å². The lowest BCUT2D eigenvalue weighted by atomic mass is 9.81. The second kappa shape index (κ2) is 6.55. The van der Waals surface area contributed by atoms with Crippen molar-refractivity contribution >= 4 is 16.5 Å². The molecule has 0 heterocycles. The maximum absolute atomic E-state index is 3.88. The summed E-state index contributed by atoms with van der Waals surface area (Å²) in [5.41, 5.74) is 4.03. The van der Waals surface area contributed by atoms with Gasteiger partial charge in [-0.1, -0.05) is 87.5 Å². The van der Waals surface area contributed by atoms with E-state index < -0.39 is 0 Å². The van der Waals surface area contributed by atoms with Gasteiger partial charge in [0.1, 0.15) is 0 Å². The van der Waals surface area contributed by atoms with Crippen molar-refractivity contribution in [2.45, 2.75) is 46.6 Å². The summed E-state index contributed by atoms with van der Waals surface area (Å²) in [7, 11) is 0. The Kier molecular flexibility index (Phi) is 4.60. The van der Waals surface area contributed by atoms with Gasteiger partial charge < -0.3 is 5.32 Å². The van der Waals surface area contributed by atoms with Crippen LogP contribution in [0.1, 0.15) is 41.0 Å². The Bertz CT molecular complexity index is 854. The van der Waals surface area contributed by atoms with Crippen molar-refractivity contribution in [3.63, 3.8) is 0 Å². The molecule has 0 fully saturated rings. The zero-order valence-electron chi connectivity index (χ0n) is 16.1. The Hall–Kier alpha value is -2.28. The minimum atomic E-state index is 0.00586. The van der Waals surface area contributed by atoms with E-state index in [4.69, 9.17) is 0 Å². The van der Waals surface area contributed by atoms with Crippen LogP contribution in [0.5, 0.6) is 0 Å². The summed E-state index contributed by atoms with van der Waals surface area (Å²) in [5, 5.41) is 6.44. The van der Waals surface area contributed by atoms with E-state index in [0.717, 1.165) is 6.42 Å². The molecular weight excluding hydrogens is 302 g/mol. The first-order chi connectivity index (χ1) is 11.8. The summed E-state index contributed by atoms with van der Waals surface area (Å²) in [6, 6.07) is 23.8. The molecule has 0 amide bonds. The Morgan fingerprint density at radius 2 is 1.36 bits per heavy atom. The molecule has 0 aliphatic carbocycles. The maximum atomic E-state index is 3.88. The van der Waals surface area contributed by atoms with E-state index in [1.54, 1.807) is 0 Å². The highest BCUT2D eigenvalue weighted by atomic mass is 15.0. The van der Waals surface area contributed by atoms with Gasteiger partial charge in [-0.15, -0.1) is 0 Å². The third kappa shape index (κ3) is 4.22. The number of fused-ring (bicyclic) bond motifs is 1. The second-order valence-electron chi connectivity index (χ2n) is 8.82. The summed E-state index contributed by atoms with van der Waals surface area (Å²) in [6.45, 7) is 11.5. The normalized spacial score (nSPS) is 12.4. The summed E-state index contributed by atoms with van der Waals surface area (Å²) in [6.07, 6.45) is 1.09. The lowest BCUT2D eigenvalue weighted by Crippen LogP contribution is -2.35. The average Bonchev–Trinajstić information content (AvgIpc) is 2.53. The first kappa shape index (κ1) is 17.5. The molecule has 0 spiro atoms. The summed E-state index contributed by atoms with van der Waals surface area (Å²) in [4.78, 5) is 0. The van der Waals surface area contributed by atoms with Crippen LogP contribution >= 0.6 is 0 Å². The van der Waals surface area contributed by atoms with Crippen LogP contribution in [0, 0.1) is 5.41 Å². The highest BCUT2D eigenvalue weighted by Crippen LogP contribution is 2.38. The summed E-state index contributed by atoms with van der Waals surface area (Å²) < 4.78 is 0. The van der Waals surface area contributed by atoms with Crippen LogP contribution in [0.15, 0.2) is 66.7 Å². The summed E-state index contributed by atoms with van der Waals surface area (Å²) >= 11 is 0. The van der Waals surface area contributed by atoms with Crippen LogP contribution in [0.3, 0.4) is 0 Å². The zero-order chi connectivity index (χ0) is 18.1. The first-order valence-electron chi connectivity index (χ1n) is 9.11. The standard InChI is InChI=1S/C24H29N/c1-23(2,3)17-24(4,5)25-22-20-14-10-9-13-19(20)15-16-21(22)18-11-7-6-8-12-18/h6-16,25H,17H2,1-5H3. The molecule has 0 saturated carbocycles. The van der Waals surface area contributed by atoms with Gasteiger partial charge in [-0.05, 0) is 36.6 Å². The highest BCUT2D eigenvalue weighted by molar-refractivity contribution is 6.01. The molecule has 0 saturated heterocycles. The molecule has 3 aromatic carbocycles. The van der Waals surface area contributed by atoms with Gasteiger partial charge in [-0.25, -0.2) is 0 Å². The molecule has 0 aliphatic heterocycles. The van der Waals surface area contributed by atoms with Crippen molar-refractivity contribution in [2.75, 3.05) is 5.32 Å². The van der Waals surface area contributed by atoms with Gasteiger partial charge in [0.2, 0.25) is 0 Å². The fourth-order valence-electron chi connectivity index (χ4n) is 3.97. The van der Waals surface area contributed by atoms with Crippen LogP contribution in [0.25, 0.3) is 21.9 Å². The van der Waals surface area contributed by atoms with Crippen LogP contribution in [0.2, 0.25) is 0 Å². The SMILES string of the molecule is CC(C)(C)CC(C)(C)Nc1c(-c2ccccc2)ccc2ccccc12. The molecule has 0 atom stereocenters. The lowest BCUT2D eigenvalue weighted by Gasteiger charge is -2.35. The van der Waals surface area contributed by atoms with Crippen LogP contribution in [-0.4, -0.2) is 5.54 Å². The topological polar surface area (TPSA) is 12.0 Å². The van der Waals surface area contributed by atoms with E-state index in [0.29, 0.717) is 0 Å². The third-order valence-electron chi connectivity index (χ3n) is 4.45. The number of benzene rings is 3. The van der Waals surface area contributed by atoms with Gasteiger partial charge in [0, 0.05) is 16.5 Å². The molecule has 1 heteroatoms. The smallest absolute Gasteiger partial charge is 0.0503 e. The predicted octanol–water partition coefficient (Wildman–Crippen LogP) is 7.13. The first-order valence-corrected chi connectivity index (χ1v) is 9.11. The Balaban J connectivity index is 2.14. The largest absolute Gasteiger partial charge is 0.379 e. The Morgan fingerprint density at radius 3 is 2.04 bits per heavy atom. The molecule has 0 radical (unpaired) electrons. The van der Waals surface area contributed by atoms with Gasteiger partial charge in [-0.3, -0.25) is 0 Å². The molecule has 1 N–H and O–H groups in total. The monoisotopic (exact) mass is 331 g/mol. The van der Waals surface area contributed by atoms with Crippen molar-refractivity contribution in [3.05, 3.63) is 66.7 Å². The van der Waals surface area contributed by atoms with E-state index in [2.05, 4.69) is 107 Å². The second-order valence-corrected chi connectivity index (χ2v) is 8.82. The van der Waals surface area contributed by atoms with Gasteiger partial charge in [0.25, 0.3) is 0 Å². The van der Waals surface area contributed by atoms with E-state index in [1.165, 1.54) is 27.6 Å². The molecule has 3 aromatic rings. The van der Waals surface area contributed by atoms with Crippen molar-refractivity contribution in [1.82, 2.24) is 0 Å². The molecule has 25 heavy (non-hydrogen) atoms. The Morgan fingerprint density at radius 1 is 0.720 bits per heavy atom. The van der Waals surface area contributed by atoms with Crippen LogP contribution in [0.4, 0.5) is 5.69 Å². The van der Waals surface area contributed by atoms with E-state index in [-0.39, 0.29) is 11.0 Å². The molecule has 130 valence electrons. The molecule has 0 unspecified atom stereocenters. The number of anilines is 1. The van der Waals surface area contributed by atoms with Gasteiger partial charge in [0.05, 0.1) is 5.69 Å². The van der Waals surface area contributed by atoms with E-state index in [9.17, 15) is 0 Å². The molecule has 0 bridgehead atoms. The van der Waals surface area contributed by atoms with Crippen molar-refractivity contribution in [3.8, 4) is 11.1 Å². The number of hydrogen-bond acceptors (Lipinski definition) is 1. The van der Waals surface area contributed by atoms with E-state index in [1.807, 2.05) is 0 Å². The van der Waals surface area contributed by atoms with Crippen molar-refractivity contribution in [2.24, 2.45) is 5.41 Å². The molecule has 1 nitrogen and oxygen atoms in total.